The second-order valence-electron chi connectivity index (χ2n) is 4.08. The van der Waals surface area contributed by atoms with Crippen LogP contribution in [0.3, 0.4) is 0 Å². The van der Waals surface area contributed by atoms with E-state index in [4.69, 9.17) is 5.73 Å². The average molecular weight is 255 g/mol. The van der Waals surface area contributed by atoms with Crippen LogP contribution in [-0.2, 0) is 6.18 Å². The van der Waals surface area contributed by atoms with Crippen LogP contribution in [0, 0.1) is 18.8 Å². The molecule has 1 rings (SSSR count). The topological polar surface area (TPSA) is 26.0 Å². The molecule has 0 saturated carbocycles. The van der Waals surface area contributed by atoms with Crippen LogP contribution in [0.1, 0.15) is 36.0 Å². The van der Waals surface area contributed by atoms with E-state index in [1.54, 1.807) is 6.92 Å². The predicted octanol–water partition coefficient (Wildman–Crippen LogP) is 3.49. The number of benzene rings is 1. The van der Waals surface area contributed by atoms with Crippen LogP contribution < -0.4 is 5.73 Å². The van der Waals surface area contributed by atoms with Crippen LogP contribution >= 0.6 is 0 Å². The van der Waals surface area contributed by atoms with Crippen molar-refractivity contribution in [2.45, 2.75) is 32.4 Å². The van der Waals surface area contributed by atoms with Crippen LogP contribution in [0.5, 0.6) is 0 Å². The highest BCUT2D eigenvalue weighted by Gasteiger charge is 2.30. The van der Waals surface area contributed by atoms with Crippen molar-refractivity contribution in [2.75, 3.05) is 6.54 Å². The Kier molecular flexibility index (Phi) is 5.24. The van der Waals surface area contributed by atoms with Crippen LogP contribution in [0.2, 0.25) is 0 Å². The van der Waals surface area contributed by atoms with Gasteiger partial charge in [-0.2, -0.15) is 13.2 Å². The summed E-state index contributed by atoms with van der Waals surface area (Å²) in [6, 6.07) is 3.62. The van der Waals surface area contributed by atoms with Crippen molar-refractivity contribution >= 4 is 0 Å². The lowest BCUT2D eigenvalue weighted by Gasteiger charge is -2.08. The molecule has 0 atom stereocenters. The van der Waals surface area contributed by atoms with Crippen LogP contribution in [0.15, 0.2) is 18.2 Å². The van der Waals surface area contributed by atoms with Gasteiger partial charge in [0.15, 0.2) is 0 Å². The molecule has 98 valence electrons. The third-order valence-electron chi connectivity index (χ3n) is 2.53. The van der Waals surface area contributed by atoms with Gasteiger partial charge in [-0.15, -0.1) is 0 Å². The number of unbranched alkanes of at least 4 members (excludes halogenated alkanes) is 2. The molecule has 0 aliphatic rings. The Bertz CT molecular complexity index is 452. The van der Waals surface area contributed by atoms with Gasteiger partial charge >= 0.3 is 6.18 Å². The first-order valence-corrected chi connectivity index (χ1v) is 5.82. The number of nitrogens with two attached hydrogens (primary N) is 1. The monoisotopic (exact) mass is 255 g/mol. The molecule has 1 aromatic rings. The molecule has 2 N–H and O–H groups in total. The van der Waals surface area contributed by atoms with E-state index in [0.29, 0.717) is 17.7 Å². The Morgan fingerprint density at radius 3 is 2.50 bits per heavy atom. The predicted molar refractivity (Wildman–Crippen MR) is 66.0 cm³/mol. The summed E-state index contributed by atoms with van der Waals surface area (Å²) in [4.78, 5) is 0. The van der Waals surface area contributed by atoms with Gasteiger partial charge in [-0.1, -0.05) is 11.8 Å². The smallest absolute Gasteiger partial charge is 0.330 e. The van der Waals surface area contributed by atoms with E-state index in [2.05, 4.69) is 11.8 Å². The van der Waals surface area contributed by atoms with Crippen LogP contribution in [0.4, 0.5) is 13.2 Å². The van der Waals surface area contributed by atoms with E-state index in [1.165, 1.54) is 6.07 Å². The van der Waals surface area contributed by atoms with Crippen molar-refractivity contribution in [2.24, 2.45) is 5.73 Å². The molecule has 0 radical (unpaired) electrons. The summed E-state index contributed by atoms with van der Waals surface area (Å²) in [5.74, 6) is 5.84. The minimum atomic E-state index is -4.29. The molecule has 18 heavy (non-hydrogen) atoms. The first-order valence-electron chi connectivity index (χ1n) is 5.82. The van der Waals surface area contributed by atoms with Crippen molar-refractivity contribution in [1.29, 1.82) is 0 Å². The summed E-state index contributed by atoms with van der Waals surface area (Å²) >= 11 is 0. The molecular weight excluding hydrogens is 239 g/mol. The molecule has 0 unspecified atom stereocenters. The maximum absolute atomic E-state index is 12.4. The van der Waals surface area contributed by atoms with Gasteiger partial charge in [0, 0.05) is 12.0 Å². The normalized spacial score (nSPS) is 10.9. The first kappa shape index (κ1) is 14.6. The van der Waals surface area contributed by atoms with Crippen LogP contribution in [-0.4, -0.2) is 6.54 Å². The number of hydrogen-bond donors (Lipinski definition) is 1. The van der Waals surface area contributed by atoms with E-state index < -0.39 is 11.7 Å². The van der Waals surface area contributed by atoms with Gasteiger partial charge in [-0.25, -0.2) is 0 Å². The van der Waals surface area contributed by atoms with E-state index in [-0.39, 0.29) is 0 Å². The highest BCUT2D eigenvalue weighted by atomic mass is 19.4. The Morgan fingerprint density at radius 2 is 1.94 bits per heavy atom. The Labute approximate surface area is 105 Å². The third-order valence-corrected chi connectivity index (χ3v) is 2.53. The van der Waals surface area contributed by atoms with Crippen molar-refractivity contribution in [3.05, 3.63) is 34.9 Å². The fourth-order valence-corrected chi connectivity index (χ4v) is 1.50. The SMILES string of the molecule is Cc1cc(C(F)(F)F)ccc1C#CCCCCN. The number of halogens is 3. The Hall–Kier alpha value is -1.47. The lowest BCUT2D eigenvalue weighted by molar-refractivity contribution is -0.137. The number of hydrogen-bond acceptors (Lipinski definition) is 1. The lowest BCUT2D eigenvalue weighted by atomic mass is 10.0. The first-order chi connectivity index (χ1) is 8.45. The standard InChI is InChI=1S/C14H16F3N/c1-11-10-13(14(15,16)17)8-7-12(11)6-4-2-3-5-9-18/h7-8,10H,2-3,5,9,18H2,1H3. The molecule has 1 nitrogen and oxygen atoms in total. The van der Waals surface area contributed by atoms with Gasteiger partial charge in [0.1, 0.15) is 0 Å². The van der Waals surface area contributed by atoms with E-state index in [1.807, 2.05) is 0 Å². The van der Waals surface area contributed by atoms with E-state index in [0.717, 1.165) is 31.4 Å². The molecule has 0 aliphatic carbocycles. The van der Waals surface area contributed by atoms with Gasteiger partial charge < -0.3 is 5.73 Å². The van der Waals surface area contributed by atoms with Crippen LogP contribution in [0.25, 0.3) is 0 Å². The summed E-state index contributed by atoms with van der Waals surface area (Å²) in [5.41, 5.74) is 5.92. The Morgan fingerprint density at radius 1 is 1.22 bits per heavy atom. The zero-order valence-electron chi connectivity index (χ0n) is 10.3. The second-order valence-corrected chi connectivity index (χ2v) is 4.08. The second kappa shape index (κ2) is 6.46. The molecule has 0 aromatic heterocycles. The summed E-state index contributed by atoms with van der Waals surface area (Å²) in [5, 5.41) is 0. The molecule has 0 heterocycles. The molecule has 0 fully saturated rings. The summed E-state index contributed by atoms with van der Waals surface area (Å²) in [7, 11) is 0. The largest absolute Gasteiger partial charge is 0.416 e. The maximum atomic E-state index is 12.4. The molecule has 1 aromatic carbocycles. The quantitative estimate of drug-likeness (QED) is 0.649. The molecule has 0 spiro atoms. The minimum Gasteiger partial charge on any atom is -0.330 e. The zero-order chi connectivity index (χ0) is 13.6. The van der Waals surface area contributed by atoms with E-state index >= 15 is 0 Å². The lowest BCUT2D eigenvalue weighted by Crippen LogP contribution is -2.05. The molecule has 0 aliphatic heterocycles. The van der Waals surface area contributed by atoms with Crippen molar-refractivity contribution < 1.29 is 13.2 Å². The molecule has 0 amide bonds. The maximum Gasteiger partial charge on any atom is 0.416 e. The highest BCUT2D eigenvalue weighted by molar-refractivity contribution is 5.43. The van der Waals surface area contributed by atoms with Gasteiger partial charge in [0.05, 0.1) is 5.56 Å². The van der Waals surface area contributed by atoms with Gasteiger partial charge in [0.2, 0.25) is 0 Å². The molecule has 0 bridgehead atoms. The van der Waals surface area contributed by atoms with E-state index in [9.17, 15) is 13.2 Å². The van der Waals surface area contributed by atoms with Crippen molar-refractivity contribution in [1.82, 2.24) is 0 Å². The summed E-state index contributed by atoms with van der Waals surface area (Å²) in [6.07, 6.45) is -1.74. The molecule has 4 heteroatoms. The fraction of sp³-hybridized carbons (Fsp3) is 0.429. The Balaban J connectivity index is 2.74. The number of rotatable bonds is 3. The number of aryl methyl sites for hydroxylation is 1. The minimum absolute atomic E-state index is 0.552. The highest BCUT2D eigenvalue weighted by Crippen LogP contribution is 2.30. The van der Waals surface area contributed by atoms with Crippen molar-refractivity contribution in [3.63, 3.8) is 0 Å². The average Bonchev–Trinajstić information content (AvgIpc) is 2.29. The van der Waals surface area contributed by atoms with Gasteiger partial charge in [-0.05, 0) is 50.1 Å². The summed E-state index contributed by atoms with van der Waals surface area (Å²) < 4.78 is 37.3. The van der Waals surface area contributed by atoms with Crippen molar-refractivity contribution in [3.8, 4) is 11.8 Å². The fourth-order valence-electron chi connectivity index (χ4n) is 1.50. The molecular formula is C14H16F3N. The molecule has 0 saturated heterocycles. The third kappa shape index (κ3) is 4.42. The summed E-state index contributed by atoms with van der Waals surface area (Å²) in [6.45, 7) is 2.28. The number of alkyl halides is 3. The van der Waals surface area contributed by atoms with Gasteiger partial charge in [0.25, 0.3) is 0 Å². The van der Waals surface area contributed by atoms with Gasteiger partial charge in [-0.3, -0.25) is 0 Å². The zero-order valence-corrected chi connectivity index (χ0v) is 10.3.